The first kappa shape index (κ1) is 7.27. The van der Waals surface area contributed by atoms with E-state index in [9.17, 15) is 0 Å². The minimum Gasteiger partial charge on any atom is -0.300 e. The summed E-state index contributed by atoms with van der Waals surface area (Å²) in [6, 6.07) is 9.07. The number of hydrogen-bond donors (Lipinski definition) is 1. The molecule has 1 aromatic rings. The molecule has 0 amide bonds. The second-order valence-corrected chi connectivity index (χ2v) is 3.66. The number of nitrogens with one attached hydrogen (secondary N) is 1. The molecule has 1 nitrogen and oxygen atoms in total. The van der Waals surface area contributed by atoms with Crippen LogP contribution < -0.4 is 5.32 Å². The maximum absolute atomic E-state index is 3.45. The molecule has 58 valence electrons. The van der Waals surface area contributed by atoms with Crippen LogP contribution in [0.3, 0.4) is 0 Å². The Morgan fingerprint density at radius 1 is 1.27 bits per heavy atom. The average molecular weight is 165 g/mol. The van der Waals surface area contributed by atoms with Gasteiger partial charge in [-0.15, -0.1) is 9.24 Å². The predicted octanol–water partition coefficient (Wildman–Crippen LogP) is 2.22. The lowest BCUT2D eigenvalue weighted by Crippen LogP contribution is -2.09. The molecule has 1 N–H and O–H groups in total. The fourth-order valence-electron chi connectivity index (χ4n) is 1.64. The van der Waals surface area contributed by atoms with Crippen molar-refractivity contribution in [3.05, 3.63) is 35.4 Å². The summed E-state index contributed by atoms with van der Waals surface area (Å²) in [4.78, 5) is 0. The van der Waals surface area contributed by atoms with Gasteiger partial charge >= 0.3 is 0 Å². The van der Waals surface area contributed by atoms with Gasteiger partial charge in [0.15, 0.2) is 0 Å². The smallest absolute Gasteiger partial charge is 0.0471 e. The van der Waals surface area contributed by atoms with E-state index in [-0.39, 0.29) is 0 Å². The molecule has 11 heavy (non-hydrogen) atoms. The van der Waals surface area contributed by atoms with E-state index in [4.69, 9.17) is 0 Å². The fraction of sp³-hybridized carbons (Fsp3) is 0.333. The molecule has 0 saturated heterocycles. The maximum Gasteiger partial charge on any atom is 0.0471 e. The van der Waals surface area contributed by atoms with Crippen LogP contribution in [0.15, 0.2) is 24.3 Å². The second kappa shape index (κ2) is 2.58. The van der Waals surface area contributed by atoms with Gasteiger partial charge < -0.3 is 5.32 Å². The third-order valence-corrected chi connectivity index (χ3v) is 2.78. The van der Waals surface area contributed by atoms with Crippen molar-refractivity contribution >= 4 is 9.24 Å². The van der Waals surface area contributed by atoms with Crippen molar-refractivity contribution in [2.24, 2.45) is 0 Å². The SMILES string of the molecule is CC1NC(P)c2ccccc21. The molecule has 0 aliphatic carbocycles. The summed E-state index contributed by atoms with van der Waals surface area (Å²) in [7, 11) is 2.81. The van der Waals surface area contributed by atoms with Gasteiger partial charge in [0.1, 0.15) is 0 Å². The Morgan fingerprint density at radius 2 is 1.91 bits per heavy atom. The lowest BCUT2D eigenvalue weighted by Gasteiger charge is -2.03. The predicted molar refractivity (Wildman–Crippen MR) is 50.4 cm³/mol. The normalized spacial score (nSPS) is 28.5. The van der Waals surface area contributed by atoms with Gasteiger partial charge in [0, 0.05) is 11.8 Å². The van der Waals surface area contributed by atoms with Crippen LogP contribution in [-0.4, -0.2) is 0 Å². The molecule has 3 atom stereocenters. The van der Waals surface area contributed by atoms with Crippen molar-refractivity contribution in [3.63, 3.8) is 0 Å². The summed E-state index contributed by atoms with van der Waals surface area (Å²) in [5, 5.41) is 3.45. The molecule has 0 spiro atoms. The molecule has 2 rings (SSSR count). The van der Waals surface area contributed by atoms with Gasteiger partial charge in [0.25, 0.3) is 0 Å². The second-order valence-electron chi connectivity index (χ2n) is 2.99. The van der Waals surface area contributed by atoms with Crippen LogP contribution >= 0.6 is 9.24 Å². The Bertz CT molecular complexity index is 245. The van der Waals surface area contributed by atoms with Crippen LogP contribution in [-0.2, 0) is 0 Å². The minimum absolute atomic E-state index is 0.446. The monoisotopic (exact) mass is 165 g/mol. The van der Waals surface area contributed by atoms with Crippen LogP contribution in [0.1, 0.15) is 29.9 Å². The molecule has 1 heterocycles. The fourth-order valence-corrected chi connectivity index (χ4v) is 2.23. The molecule has 0 fully saturated rings. The van der Waals surface area contributed by atoms with E-state index in [1.54, 1.807) is 0 Å². The molecule has 0 bridgehead atoms. The van der Waals surface area contributed by atoms with Gasteiger partial charge in [-0.3, -0.25) is 0 Å². The van der Waals surface area contributed by atoms with Crippen molar-refractivity contribution in [3.8, 4) is 0 Å². The highest BCUT2D eigenvalue weighted by Crippen LogP contribution is 2.35. The van der Waals surface area contributed by atoms with Crippen LogP contribution in [0, 0.1) is 0 Å². The molecule has 3 unspecified atom stereocenters. The first-order valence-electron chi connectivity index (χ1n) is 3.89. The van der Waals surface area contributed by atoms with E-state index in [2.05, 4.69) is 45.7 Å². The lowest BCUT2D eigenvalue weighted by molar-refractivity contribution is 0.624. The van der Waals surface area contributed by atoms with Crippen LogP contribution in [0.2, 0.25) is 0 Å². The number of benzene rings is 1. The van der Waals surface area contributed by atoms with E-state index < -0.39 is 0 Å². The van der Waals surface area contributed by atoms with Gasteiger partial charge in [0.05, 0.1) is 0 Å². The Kier molecular flexibility index (Phi) is 1.71. The summed E-state index contributed by atoms with van der Waals surface area (Å²) in [6.07, 6.45) is 0. The van der Waals surface area contributed by atoms with Gasteiger partial charge in [-0.25, -0.2) is 0 Å². The van der Waals surface area contributed by atoms with Crippen LogP contribution in [0.25, 0.3) is 0 Å². The highest BCUT2D eigenvalue weighted by molar-refractivity contribution is 7.17. The summed E-state index contributed by atoms with van der Waals surface area (Å²) in [5.74, 6) is 0.446. The maximum atomic E-state index is 3.45. The van der Waals surface area contributed by atoms with Gasteiger partial charge in [-0.1, -0.05) is 24.3 Å². The van der Waals surface area contributed by atoms with Gasteiger partial charge in [-0.05, 0) is 18.1 Å². The lowest BCUT2D eigenvalue weighted by atomic mass is 10.1. The van der Waals surface area contributed by atoms with Crippen molar-refractivity contribution in [1.82, 2.24) is 5.32 Å². The van der Waals surface area contributed by atoms with E-state index in [1.807, 2.05) is 0 Å². The third kappa shape index (κ3) is 1.09. The van der Waals surface area contributed by atoms with Gasteiger partial charge in [-0.2, -0.15) is 0 Å². The largest absolute Gasteiger partial charge is 0.300 e. The summed E-state index contributed by atoms with van der Waals surface area (Å²) < 4.78 is 0. The van der Waals surface area contributed by atoms with Gasteiger partial charge in [0.2, 0.25) is 0 Å². The molecular weight excluding hydrogens is 153 g/mol. The van der Waals surface area contributed by atoms with Crippen molar-refractivity contribution in [2.75, 3.05) is 0 Å². The standard InChI is InChI=1S/C9H12NP/c1-6-7-4-2-3-5-8(7)9(11)10-6/h2-6,9-10H,11H2,1H3. The zero-order chi connectivity index (χ0) is 7.84. The topological polar surface area (TPSA) is 12.0 Å². The zero-order valence-corrected chi connectivity index (χ0v) is 7.70. The first-order valence-corrected chi connectivity index (χ1v) is 4.56. The van der Waals surface area contributed by atoms with Crippen molar-refractivity contribution in [1.29, 1.82) is 0 Å². The molecular formula is C9H12NP. The van der Waals surface area contributed by atoms with Crippen molar-refractivity contribution < 1.29 is 0 Å². The van der Waals surface area contributed by atoms with E-state index in [0.29, 0.717) is 11.8 Å². The van der Waals surface area contributed by atoms with Crippen LogP contribution in [0.4, 0.5) is 0 Å². The quantitative estimate of drug-likeness (QED) is 0.581. The highest BCUT2D eigenvalue weighted by Gasteiger charge is 2.22. The molecule has 0 radical (unpaired) electrons. The number of fused-ring (bicyclic) bond motifs is 1. The Morgan fingerprint density at radius 3 is 2.55 bits per heavy atom. The zero-order valence-electron chi connectivity index (χ0n) is 6.54. The number of rotatable bonds is 0. The summed E-state index contributed by atoms with van der Waals surface area (Å²) in [6.45, 7) is 2.20. The number of hydrogen-bond acceptors (Lipinski definition) is 1. The molecule has 1 aliphatic heterocycles. The molecule has 0 saturated carbocycles. The summed E-state index contributed by atoms with van der Waals surface area (Å²) >= 11 is 0. The van der Waals surface area contributed by atoms with E-state index in [0.717, 1.165) is 0 Å². The molecule has 1 aromatic carbocycles. The minimum atomic E-state index is 0.446. The van der Waals surface area contributed by atoms with E-state index >= 15 is 0 Å². The Balaban J connectivity index is 2.52. The highest BCUT2D eigenvalue weighted by atomic mass is 31.0. The first-order chi connectivity index (χ1) is 5.29. The third-order valence-electron chi connectivity index (χ3n) is 2.23. The average Bonchev–Trinajstić information content (AvgIpc) is 2.30. The Labute approximate surface area is 69.4 Å². The molecule has 0 aromatic heterocycles. The van der Waals surface area contributed by atoms with Crippen LogP contribution in [0.5, 0.6) is 0 Å². The summed E-state index contributed by atoms with van der Waals surface area (Å²) in [5.41, 5.74) is 2.86. The van der Waals surface area contributed by atoms with Crippen molar-refractivity contribution in [2.45, 2.75) is 18.7 Å². The Hall–Kier alpha value is -0.390. The van der Waals surface area contributed by atoms with E-state index in [1.165, 1.54) is 11.1 Å². The molecule has 1 aliphatic rings. The molecule has 2 heteroatoms.